The number of aliphatic carboxylic acids is 1. The second kappa shape index (κ2) is 4.23. The zero-order valence-corrected chi connectivity index (χ0v) is 9.82. The lowest BCUT2D eigenvalue weighted by Gasteiger charge is -2.22. The predicted octanol–water partition coefficient (Wildman–Crippen LogP) is 0.535. The number of carbonyl (C=O) groups is 3. The van der Waals surface area contributed by atoms with Gasteiger partial charge in [0.2, 0.25) is 5.91 Å². The fourth-order valence-corrected chi connectivity index (χ4v) is 1.50. The first kappa shape index (κ1) is 12.7. The van der Waals surface area contributed by atoms with Crippen molar-refractivity contribution in [3.8, 4) is 0 Å². The van der Waals surface area contributed by atoms with Gasteiger partial charge in [0, 0.05) is 18.4 Å². The van der Waals surface area contributed by atoms with Gasteiger partial charge in [0.25, 0.3) is 0 Å². The number of carbonyl (C=O) groups excluding carboxylic acids is 2. The lowest BCUT2D eigenvalue weighted by molar-refractivity contribution is -0.141. The van der Waals surface area contributed by atoms with Crippen molar-refractivity contribution in [2.45, 2.75) is 27.2 Å². The quantitative estimate of drug-likeness (QED) is 0.763. The molecule has 1 fully saturated rings. The third-order valence-electron chi connectivity index (χ3n) is 2.73. The summed E-state index contributed by atoms with van der Waals surface area (Å²) in [5, 5.41) is 8.78. The lowest BCUT2D eigenvalue weighted by Crippen LogP contribution is -2.37. The topological polar surface area (TPSA) is 74.7 Å². The van der Waals surface area contributed by atoms with Gasteiger partial charge in [-0.05, 0) is 0 Å². The molecule has 0 spiro atoms. The average Bonchev–Trinajstić information content (AvgIpc) is 2.46. The second-order valence-electron chi connectivity index (χ2n) is 5.19. The number of carboxylic acids is 1. The van der Waals surface area contributed by atoms with E-state index in [0.29, 0.717) is 0 Å². The Labute approximate surface area is 94.4 Å². The predicted molar refractivity (Wildman–Crippen MR) is 56.8 cm³/mol. The molecule has 16 heavy (non-hydrogen) atoms. The molecule has 0 aromatic carbocycles. The Kier molecular flexibility index (Phi) is 3.35. The van der Waals surface area contributed by atoms with E-state index in [1.54, 1.807) is 20.8 Å². The van der Waals surface area contributed by atoms with Gasteiger partial charge in [-0.25, -0.2) is 0 Å². The van der Waals surface area contributed by atoms with E-state index in [1.807, 2.05) is 0 Å². The number of hydrogen-bond donors (Lipinski definition) is 1. The molecule has 0 bridgehead atoms. The Morgan fingerprint density at radius 3 is 2.38 bits per heavy atom. The molecule has 1 atom stereocenters. The standard InChI is InChI=1S/C11H17NO4/c1-11(2,3)8(13)6-12-5-7(10(15)16)4-9(12)14/h7H,4-6H2,1-3H3,(H,15,16)/t7-/m0/s1. The molecule has 90 valence electrons. The van der Waals surface area contributed by atoms with Crippen LogP contribution in [0.3, 0.4) is 0 Å². The molecule has 0 aromatic rings. The highest BCUT2D eigenvalue weighted by Crippen LogP contribution is 2.21. The highest BCUT2D eigenvalue weighted by molar-refractivity contribution is 5.92. The maximum Gasteiger partial charge on any atom is 0.308 e. The molecule has 1 heterocycles. The van der Waals surface area contributed by atoms with Crippen LogP contribution in [0.5, 0.6) is 0 Å². The molecule has 1 saturated heterocycles. The number of nitrogens with zero attached hydrogens (tertiary/aromatic N) is 1. The van der Waals surface area contributed by atoms with Gasteiger partial charge in [-0.3, -0.25) is 14.4 Å². The van der Waals surface area contributed by atoms with Gasteiger partial charge in [-0.2, -0.15) is 0 Å². The Hall–Kier alpha value is -1.39. The molecule has 1 aliphatic heterocycles. The summed E-state index contributed by atoms with van der Waals surface area (Å²) in [5.41, 5.74) is -0.498. The summed E-state index contributed by atoms with van der Waals surface area (Å²) in [6.07, 6.45) is 0.00670. The summed E-state index contributed by atoms with van der Waals surface area (Å²) < 4.78 is 0. The monoisotopic (exact) mass is 227 g/mol. The van der Waals surface area contributed by atoms with Crippen molar-refractivity contribution in [2.75, 3.05) is 13.1 Å². The third-order valence-corrected chi connectivity index (χ3v) is 2.73. The molecule has 0 saturated carbocycles. The van der Waals surface area contributed by atoms with Crippen LogP contribution in [0, 0.1) is 11.3 Å². The molecule has 0 unspecified atom stereocenters. The SMILES string of the molecule is CC(C)(C)C(=O)CN1C[C@@H](C(=O)O)CC1=O. The van der Waals surface area contributed by atoms with Crippen LogP contribution in [-0.4, -0.2) is 40.8 Å². The summed E-state index contributed by atoms with van der Waals surface area (Å²) in [5.74, 6) is -1.93. The van der Waals surface area contributed by atoms with E-state index in [2.05, 4.69) is 0 Å². The van der Waals surface area contributed by atoms with Crippen molar-refractivity contribution < 1.29 is 19.5 Å². The normalized spacial score (nSPS) is 21.3. The van der Waals surface area contributed by atoms with E-state index in [4.69, 9.17) is 5.11 Å². The van der Waals surface area contributed by atoms with Gasteiger partial charge in [0.1, 0.15) is 0 Å². The average molecular weight is 227 g/mol. The Balaban J connectivity index is 2.61. The highest BCUT2D eigenvalue weighted by Gasteiger charge is 2.36. The van der Waals surface area contributed by atoms with Crippen LogP contribution >= 0.6 is 0 Å². The maximum absolute atomic E-state index is 11.7. The van der Waals surface area contributed by atoms with E-state index in [-0.39, 0.29) is 31.2 Å². The van der Waals surface area contributed by atoms with Crippen LogP contribution < -0.4 is 0 Å². The van der Waals surface area contributed by atoms with Gasteiger partial charge >= 0.3 is 5.97 Å². The molecule has 1 N–H and O–H groups in total. The van der Waals surface area contributed by atoms with Crippen molar-refractivity contribution >= 4 is 17.7 Å². The molecule has 5 heteroatoms. The fraction of sp³-hybridized carbons (Fsp3) is 0.727. The Bertz CT molecular complexity index is 329. The summed E-state index contributed by atoms with van der Waals surface area (Å²) in [6, 6.07) is 0. The molecule has 0 aliphatic carbocycles. The van der Waals surface area contributed by atoms with Crippen LogP contribution in [0.15, 0.2) is 0 Å². The number of likely N-dealkylation sites (tertiary alicyclic amines) is 1. The molecule has 0 radical (unpaired) electrons. The van der Waals surface area contributed by atoms with Gasteiger partial charge < -0.3 is 10.0 Å². The van der Waals surface area contributed by atoms with Gasteiger partial charge in [-0.1, -0.05) is 20.8 Å². The minimum Gasteiger partial charge on any atom is -0.481 e. The largest absolute Gasteiger partial charge is 0.481 e. The van der Waals surface area contributed by atoms with Crippen LogP contribution in [0.2, 0.25) is 0 Å². The summed E-state index contributed by atoms with van der Waals surface area (Å²) in [7, 11) is 0. The second-order valence-corrected chi connectivity index (χ2v) is 5.19. The van der Waals surface area contributed by atoms with Crippen molar-refractivity contribution in [1.82, 2.24) is 4.90 Å². The van der Waals surface area contributed by atoms with Crippen molar-refractivity contribution in [1.29, 1.82) is 0 Å². The van der Waals surface area contributed by atoms with Gasteiger partial charge in [0.15, 0.2) is 5.78 Å². The Morgan fingerprint density at radius 1 is 1.44 bits per heavy atom. The highest BCUT2D eigenvalue weighted by atomic mass is 16.4. The number of hydrogen-bond acceptors (Lipinski definition) is 3. The molecule has 5 nitrogen and oxygen atoms in total. The number of rotatable bonds is 3. The number of carboxylic acid groups (broad SMARTS) is 1. The molecular weight excluding hydrogens is 210 g/mol. The van der Waals surface area contributed by atoms with Crippen LogP contribution in [0.4, 0.5) is 0 Å². The maximum atomic E-state index is 11.7. The molecule has 1 aliphatic rings. The summed E-state index contributed by atoms with van der Waals surface area (Å²) in [4.78, 5) is 35.2. The van der Waals surface area contributed by atoms with E-state index in [1.165, 1.54) is 4.90 Å². The van der Waals surface area contributed by atoms with E-state index in [0.717, 1.165) is 0 Å². The van der Waals surface area contributed by atoms with E-state index in [9.17, 15) is 14.4 Å². The van der Waals surface area contributed by atoms with Gasteiger partial charge in [-0.15, -0.1) is 0 Å². The van der Waals surface area contributed by atoms with Crippen molar-refractivity contribution in [3.05, 3.63) is 0 Å². The minimum atomic E-state index is -0.973. The molecule has 0 aromatic heterocycles. The molecule has 1 rings (SSSR count). The smallest absolute Gasteiger partial charge is 0.308 e. The number of amides is 1. The van der Waals surface area contributed by atoms with Crippen LogP contribution in [0.25, 0.3) is 0 Å². The first-order valence-corrected chi connectivity index (χ1v) is 5.25. The number of ketones is 1. The van der Waals surface area contributed by atoms with E-state index < -0.39 is 17.3 Å². The van der Waals surface area contributed by atoms with E-state index >= 15 is 0 Å². The third kappa shape index (κ3) is 2.81. The Morgan fingerprint density at radius 2 is 2.00 bits per heavy atom. The van der Waals surface area contributed by atoms with Crippen molar-refractivity contribution in [2.24, 2.45) is 11.3 Å². The summed E-state index contributed by atoms with van der Waals surface area (Å²) >= 11 is 0. The minimum absolute atomic E-state index is 0.00670. The van der Waals surface area contributed by atoms with Crippen molar-refractivity contribution in [3.63, 3.8) is 0 Å². The first-order valence-electron chi connectivity index (χ1n) is 5.25. The summed E-state index contributed by atoms with van der Waals surface area (Å²) in [6.45, 7) is 5.52. The van der Waals surface area contributed by atoms with Crippen LogP contribution in [-0.2, 0) is 14.4 Å². The lowest BCUT2D eigenvalue weighted by atomic mass is 9.90. The van der Waals surface area contributed by atoms with Crippen LogP contribution in [0.1, 0.15) is 27.2 Å². The molecule has 1 amide bonds. The molecular formula is C11H17NO4. The zero-order chi connectivity index (χ0) is 12.5. The fourth-order valence-electron chi connectivity index (χ4n) is 1.50. The number of Topliss-reactive ketones (excluding diaryl/α,β-unsaturated/α-hetero) is 1. The first-order chi connectivity index (χ1) is 7.21. The van der Waals surface area contributed by atoms with Gasteiger partial charge in [0.05, 0.1) is 12.5 Å². The zero-order valence-electron chi connectivity index (χ0n) is 9.82.